The lowest BCUT2D eigenvalue weighted by Crippen LogP contribution is -2.31. The zero-order chi connectivity index (χ0) is 19.6. The van der Waals surface area contributed by atoms with Crippen molar-refractivity contribution < 1.29 is 19.1 Å². The predicted octanol–water partition coefficient (Wildman–Crippen LogP) is 2.58. The van der Waals surface area contributed by atoms with Crippen LogP contribution < -0.4 is 10.2 Å². The minimum absolute atomic E-state index is 0.00507. The zero-order valence-electron chi connectivity index (χ0n) is 15.6. The first kappa shape index (κ1) is 20.2. The molecule has 6 nitrogen and oxygen atoms in total. The maximum Gasteiger partial charge on any atom is 0.306 e. The van der Waals surface area contributed by atoms with E-state index in [0.717, 1.165) is 12.0 Å². The quantitative estimate of drug-likeness (QED) is 0.727. The molecule has 2 aromatic rings. The van der Waals surface area contributed by atoms with Crippen molar-refractivity contribution in [2.45, 2.75) is 19.3 Å². The number of hydrogen-bond acceptors (Lipinski definition) is 4. The lowest BCUT2D eigenvalue weighted by molar-refractivity contribution is -0.141. The molecule has 0 radical (unpaired) electrons. The van der Waals surface area contributed by atoms with Gasteiger partial charge >= 0.3 is 5.97 Å². The highest BCUT2D eigenvalue weighted by Gasteiger charge is 2.19. The number of rotatable bonds is 8. The number of nitrogens with zero attached hydrogens (tertiary/aromatic N) is 1. The molecule has 0 aromatic heterocycles. The minimum atomic E-state index is -0.441. The summed E-state index contributed by atoms with van der Waals surface area (Å²) in [4.78, 5) is 37.5. The van der Waals surface area contributed by atoms with E-state index in [-0.39, 0.29) is 24.7 Å². The van der Waals surface area contributed by atoms with Crippen molar-refractivity contribution in [3.05, 3.63) is 65.7 Å². The summed E-state index contributed by atoms with van der Waals surface area (Å²) in [5.41, 5.74) is 2.06. The first-order chi connectivity index (χ1) is 13.0. The maximum atomic E-state index is 12.6. The highest BCUT2D eigenvalue weighted by molar-refractivity contribution is 6.04. The zero-order valence-corrected chi connectivity index (χ0v) is 15.6. The molecule has 1 N–H and O–H groups in total. The molecular weight excluding hydrogens is 344 g/mol. The number of amides is 2. The number of carbonyl (C=O) groups is 3. The van der Waals surface area contributed by atoms with E-state index < -0.39 is 5.97 Å². The molecule has 6 heteroatoms. The van der Waals surface area contributed by atoms with Crippen LogP contribution in [0.15, 0.2) is 54.6 Å². The topological polar surface area (TPSA) is 75.7 Å². The third-order valence-electron chi connectivity index (χ3n) is 4.20. The smallest absolute Gasteiger partial charge is 0.306 e. The van der Waals surface area contributed by atoms with E-state index in [1.165, 1.54) is 12.0 Å². The SMILES string of the molecule is COC(=O)CCC(=O)N(C)c1ccccc1C(=O)NCCc1ccccc1. The molecule has 0 heterocycles. The standard InChI is InChI=1S/C21H24N2O4/c1-23(19(24)12-13-20(25)27-2)18-11-7-6-10-17(18)21(26)22-15-14-16-8-4-3-5-9-16/h3-11H,12-15H2,1-2H3,(H,22,26). The Morgan fingerprint density at radius 3 is 2.33 bits per heavy atom. The van der Waals surface area contributed by atoms with Crippen molar-refractivity contribution in [2.75, 3.05) is 25.6 Å². The second-order valence-electron chi connectivity index (χ2n) is 6.04. The molecule has 0 bridgehead atoms. The van der Waals surface area contributed by atoms with Gasteiger partial charge in [0, 0.05) is 20.0 Å². The van der Waals surface area contributed by atoms with Crippen LogP contribution >= 0.6 is 0 Å². The van der Waals surface area contributed by atoms with Gasteiger partial charge in [-0.05, 0) is 24.1 Å². The summed E-state index contributed by atoms with van der Waals surface area (Å²) in [7, 11) is 2.88. The highest BCUT2D eigenvalue weighted by Crippen LogP contribution is 2.20. The molecule has 0 saturated carbocycles. The number of esters is 1. The number of carbonyl (C=O) groups excluding carboxylic acids is 3. The van der Waals surface area contributed by atoms with E-state index >= 15 is 0 Å². The molecular formula is C21H24N2O4. The number of ether oxygens (including phenoxy) is 1. The Morgan fingerprint density at radius 1 is 0.963 bits per heavy atom. The van der Waals surface area contributed by atoms with Crippen LogP contribution in [0.2, 0.25) is 0 Å². The predicted molar refractivity (Wildman–Crippen MR) is 104 cm³/mol. The first-order valence-corrected chi connectivity index (χ1v) is 8.77. The van der Waals surface area contributed by atoms with Crippen molar-refractivity contribution in [2.24, 2.45) is 0 Å². The van der Waals surface area contributed by atoms with Gasteiger partial charge in [-0.25, -0.2) is 0 Å². The molecule has 0 aliphatic heterocycles. The lowest BCUT2D eigenvalue weighted by atomic mass is 10.1. The summed E-state index contributed by atoms with van der Waals surface area (Å²) >= 11 is 0. The molecule has 27 heavy (non-hydrogen) atoms. The molecule has 0 aliphatic carbocycles. The average Bonchev–Trinajstić information content (AvgIpc) is 2.71. The van der Waals surface area contributed by atoms with Crippen molar-refractivity contribution in [3.63, 3.8) is 0 Å². The fourth-order valence-corrected chi connectivity index (χ4v) is 2.63. The van der Waals surface area contributed by atoms with E-state index in [2.05, 4.69) is 10.1 Å². The van der Waals surface area contributed by atoms with Gasteiger partial charge in [0.15, 0.2) is 0 Å². The second kappa shape index (κ2) is 10.1. The molecule has 2 aromatic carbocycles. The minimum Gasteiger partial charge on any atom is -0.469 e. The van der Waals surface area contributed by atoms with Crippen molar-refractivity contribution in [3.8, 4) is 0 Å². The normalized spacial score (nSPS) is 10.1. The molecule has 0 aliphatic rings. The molecule has 2 amide bonds. The fourth-order valence-electron chi connectivity index (χ4n) is 2.63. The molecule has 0 atom stereocenters. The third kappa shape index (κ3) is 5.95. The van der Waals surface area contributed by atoms with Gasteiger partial charge in [0.05, 0.1) is 24.8 Å². The second-order valence-corrected chi connectivity index (χ2v) is 6.04. The van der Waals surface area contributed by atoms with E-state index in [1.54, 1.807) is 31.3 Å². The Kier molecular flexibility index (Phi) is 7.55. The molecule has 0 spiro atoms. The Hall–Kier alpha value is -3.15. The number of benzene rings is 2. The van der Waals surface area contributed by atoms with Crippen LogP contribution in [-0.4, -0.2) is 38.5 Å². The fraction of sp³-hybridized carbons (Fsp3) is 0.286. The van der Waals surface area contributed by atoms with Crippen LogP contribution in [0.4, 0.5) is 5.69 Å². The third-order valence-corrected chi connectivity index (χ3v) is 4.20. The number of para-hydroxylation sites is 1. The monoisotopic (exact) mass is 368 g/mol. The van der Waals surface area contributed by atoms with Gasteiger partial charge in [-0.1, -0.05) is 42.5 Å². The van der Waals surface area contributed by atoms with Gasteiger partial charge < -0.3 is 15.0 Å². The molecule has 142 valence electrons. The first-order valence-electron chi connectivity index (χ1n) is 8.77. The van der Waals surface area contributed by atoms with Gasteiger partial charge in [-0.3, -0.25) is 14.4 Å². The van der Waals surface area contributed by atoms with E-state index in [0.29, 0.717) is 17.8 Å². The van der Waals surface area contributed by atoms with Gasteiger partial charge in [0.2, 0.25) is 5.91 Å². The Labute approximate surface area is 159 Å². The van der Waals surface area contributed by atoms with Crippen LogP contribution in [0.1, 0.15) is 28.8 Å². The Morgan fingerprint density at radius 2 is 1.63 bits per heavy atom. The Balaban J connectivity index is 1.99. The maximum absolute atomic E-state index is 12.6. The summed E-state index contributed by atoms with van der Waals surface area (Å²) in [5, 5.41) is 2.89. The average molecular weight is 368 g/mol. The largest absolute Gasteiger partial charge is 0.469 e. The van der Waals surface area contributed by atoms with Gasteiger partial charge in [0.1, 0.15) is 0 Å². The number of nitrogens with one attached hydrogen (secondary N) is 1. The molecule has 2 rings (SSSR count). The van der Waals surface area contributed by atoms with Crippen LogP contribution in [0, 0.1) is 0 Å². The van der Waals surface area contributed by atoms with E-state index in [4.69, 9.17) is 0 Å². The van der Waals surface area contributed by atoms with Crippen molar-refractivity contribution in [1.82, 2.24) is 5.32 Å². The number of hydrogen-bond donors (Lipinski definition) is 1. The van der Waals surface area contributed by atoms with E-state index in [9.17, 15) is 14.4 Å². The number of anilines is 1. The van der Waals surface area contributed by atoms with Crippen molar-refractivity contribution in [1.29, 1.82) is 0 Å². The van der Waals surface area contributed by atoms with Crippen molar-refractivity contribution >= 4 is 23.5 Å². The summed E-state index contributed by atoms with van der Waals surface area (Å²) in [6.45, 7) is 0.497. The van der Waals surface area contributed by atoms with E-state index in [1.807, 2.05) is 30.3 Å². The lowest BCUT2D eigenvalue weighted by Gasteiger charge is -2.20. The summed E-state index contributed by atoms with van der Waals surface area (Å²) in [6, 6.07) is 16.8. The van der Waals surface area contributed by atoms with Crippen LogP contribution in [-0.2, 0) is 20.7 Å². The summed E-state index contributed by atoms with van der Waals surface area (Å²) in [6.07, 6.45) is 0.751. The summed E-state index contributed by atoms with van der Waals surface area (Å²) < 4.78 is 4.55. The van der Waals surface area contributed by atoms with Gasteiger partial charge in [0.25, 0.3) is 5.91 Å². The Bertz CT molecular complexity index is 790. The van der Waals surface area contributed by atoms with Gasteiger partial charge in [-0.2, -0.15) is 0 Å². The molecule has 0 unspecified atom stereocenters. The number of methoxy groups -OCH3 is 1. The highest BCUT2D eigenvalue weighted by atomic mass is 16.5. The molecule has 0 saturated heterocycles. The van der Waals surface area contributed by atoms with Gasteiger partial charge in [-0.15, -0.1) is 0 Å². The van der Waals surface area contributed by atoms with Crippen LogP contribution in [0.25, 0.3) is 0 Å². The summed E-state index contributed by atoms with van der Waals surface area (Å²) in [5.74, 6) is -0.942. The van der Waals surface area contributed by atoms with Crippen LogP contribution in [0.5, 0.6) is 0 Å². The molecule has 0 fully saturated rings. The van der Waals surface area contributed by atoms with Crippen LogP contribution in [0.3, 0.4) is 0 Å².